The number of carbonyl (C=O) groups is 2. The molecule has 0 saturated heterocycles. The Balaban J connectivity index is 2.18. The van der Waals surface area contributed by atoms with Gasteiger partial charge in [0.25, 0.3) is 10.0 Å². The molecule has 0 aliphatic carbocycles. The molecule has 0 bridgehead atoms. The number of nitrogens with zero attached hydrogens (tertiary/aromatic N) is 3. The number of sulfonamides is 1. The smallest absolute Gasteiger partial charge is 0.335 e. The zero-order valence-corrected chi connectivity index (χ0v) is 13.3. The minimum absolute atomic E-state index is 0.0882. The highest BCUT2D eigenvalue weighted by Gasteiger charge is 2.53. The Morgan fingerprint density at radius 3 is 2.62 bits per heavy atom. The molecule has 2 heterocycles. The number of hydrogen-bond acceptors (Lipinski definition) is 9. The summed E-state index contributed by atoms with van der Waals surface area (Å²) in [5.74, 6) is -1.74. The quantitative estimate of drug-likeness (QED) is 0.593. The van der Waals surface area contributed by atoms with Crippen LogP contribution in [0.5, 0.6) is 6.01 Å². The van der Waals surface area contributed by atoms with E-state index in [9.17, 15) is 23.1 Å². The lowest BCUT2D eigenvalue weighted by Crippen LogP contribution is -2.54. The molecule has 0 fully saturated rings. The van der Waals surface area contributed by atoms with Gasteiger partial charge in [-0.05, 0) is 13.0 Å². The van der Waals surface area contributed by atoms with Crippen LogP contribution in [0.4, 0.5) is 10.7 Å². The van der Waals surface area contributed by atoms with Crippen LogP contribution in [0.2, 0.25) is 0 Å². The van der Waals surface area contributed by atoms with Crippen LogP contribution in [0.25, 0.3) is 0 Å². The summed E-state index contributed by atoms with van der Waals surface area (Å²) < 4.78 is 33.1. The molecule has 0 radical (unpaired) electrons. The Morgan fingerprint density at radius 1 is 1.38 bits per heavy atom. The summed E-state index contributed by atoms with van der Waals surface area (Å²) in [6.45, 7) is 0.841. The standard InChI is InChI=1S/C11H13N5O7S/c1-6-12-8(15-10(13-6)22-2)14-9(19)16-24(20,21)11(7(17)18)3-4-23-5-11/h3-4H,5H2,1-2H3,(H,17,18)(H2,12,13,14,15,16,19). The third-order valence-electron chi connectivity index (χ3n) is 2.93. The van der Waals surface area contributed by atoms with Crippen LogP contribution < -0.4 is 14.8 Å². The molecule has 1 aromatic heterocycles. The first-order valence-electron chi connectivity index (χ1n) is 6.33. The van der Waals surface area contributed by atoms with Gasteiger partial charge in [0.2, 0.25) is 10.7 Å². The second-order valence-corrected chi connectivity index (χ2v) is 6.50. The van der Waals surface area contributed by atoms with Crippen molar-refractivity contribution in [3.05, 3.63) is 18.2 Å². The molecular formula is C11H13N5O7S. The molecule has 130 valence electrons. The highest BCUT2D eigenvalue weighted by Crippen LogP contribution is 2.24. The summed E-state index contributed by atoms with van der Waals surface area (Å²) in [5, 5.41) is 11.2. The van der Waals surface area contributed by atoms with Crippen molar-refractivity contribution in [1.82, 2.24) is 19.7 Å². The Morgan fingerprint density at radius 2 is 2.08 bits per heavy atom. The van der Waals surface area contributed by atoms with Gasteiger partial charge in [0.1, 0.15) is 12.4 Å². The van der Waals surface area contributed by atoms with Crippen molar-refractivity contribution in [3.63, 3.8) is 0 Å². The van der Waals surface area contributed by atoms with Gasteiger partial charge in [-0.1, -0.05) is 0 Å². The van der Waals surface area contributed by atoms with Gasteiger partial charge in [0.05, 0.1) is 13.4 Å². The van der Waals surface area contributed by atoms with E-state index in [4.69, 9.17) is 9.47 Å². The van der Waals surface area contributed by atoms with Gasteiger partial charge in [-0.15, -0.1) is 0 Å². The van der Waals surface area contributed by atoms with Crippen molar-refractivity contribution >= 4 is 28.0 Å². The number of ether oxygens (including phenoxy) is 2. The molecule has 3 N–H and O–H groups in total. The Kier molecular flexibility index (Phi) is 4.54. The molecule has 1 aromatic rings. The molecular weight excluding hydrogens is 346 g/mol. The summed E-state index contributed by atoms with van der Waals surface area (Å²) in [5.41, 5.74) is 0. The third-order valence-corrected chi connectivity index (χ3v) is 4.78. The molecule has 1 atom stereocenters. The lowest BCUT2D eigenvalue weighted by Gasteiger charge is -2.20. The van der Waals surface area contributed by atoms with Crippen LogP contribution in [-0.4, -0.2) is 58.9 Å². The number of rotatable bonds is 5. The highest BCUT2D eigenvalue weighted by molar-refractivity contribution is 7.92. The fourth-order valence-corrected chi connectivity index (χ4v) is 2.90. The molecule has 2 amide bonds. The van der Waals surface area contributed by atoms with E-state index in [1.54, 1.807) is 4.72 Å². The number of anilines is 1. The molecule has 1 unspecified atom stereocenters. The zero-order valence-electron chi connectivity index (χ0n) is 12.5. The Labute approximate surface area is 136 Å². The van der Waals surface area contributed by atoms with Crippen LogP contribution >= 0.6 is 0 Å². The second-order valence-electron chi connectivity index (χ2n) is 4.56. The van der Waals surface area contributed by atoms with Crippen molar-refractivity contribution in [2.75, 3.05) is 19.0 Å². The van der Waals surface area contributed by atoms with Gasteiger partial charge in [-0.25, -0.2) is 22.7 Å². The van der Waals surface area contributed by atoms with Crippen LogP contribution in [0.15, 0.2) is 12.3 Å². The summed E-state index contributed by atoms with van der Waals surface area (Å²) in [6.07, 6.45) is 1.77. The molecule has 1 aliphatic heterocycles. The van der Waals surface area contributed by atoms with Crippen LogP contribution in [-0.2, 0) is 19.6 Å². The van der Waals surface area contributed by atoms with Gasteiger partial charge in [0, 0.05) is 0 Å². The zero-order chi connectivity index (χ0) is 18.0. The first-order valence-corrected chi connectivity index (χ1v) is 7.81. The lowest BCUT2D eigenvalue weighted by atomic mass is 10.2. The molecule has 0 saturated carbocycles. The van der Waals surface area contributed by atoms with Gasteiger partial charge in [-0.2, -0.15) is 15.0 Å². The number of methoxy groups -OCH3 is 1. The molecule has 2 rings (SSSR count). The van der Waals surface area contributed by atoms with Gasteiger partial charge < -0.3 is 14.6 Å². The van der Waals surface area contributed by atoms with E-state index in [1.165, 1.54) is 14.0 Å². The fourth-order valence-electron chi connectivity index (χ4n) is 1.74. The van der Waals surface area contributed by atoms with Crippen LogP contribution in [0.1, 0.15) is 5.82 Å². The lowest BCUT2D eigenvalue weighted by molar-refractivity contribution is -0.139. The predicted molar refractivity (Wildman–Crippen MR) is 77.6 cm³/mol. The molecule has 1 aliphatic rings. The minimum atomic E-state index is -4.64. The largest absolute Gasteiger partial charge is 0.499 e. The second kappa shape index (κ2) is 6.27. The number of urea groups is 1. The first kappa shape index (κ1) is 17.4. The van der Waals surface area contributed by atoms with E-state index in [0.717, 1.165) is 12.3 Å². The van der Waals surface area contributed by atoms with E-state index in [1.807, 2.05) is 0 Å². The maximum Gasteiger partial charge on any atom is 0.335 e. The van der Waals surface area contributed by atoms with E-state index >= 15 is 0 Å². The monoisotopic (exact) mass is 359 g/mol. The van der Waals surface area contributed by atoms with Crippen molar-refractivity contribution in [1.29, 1.82) is 0 Å². The van der Waals surface area contributed by atoms with Gasteiger partial charge in [-0.3, -0.25) is 5.32 Å². The molecule has 12 nitrogen and oxygen atoms in total. The number of nitrogens with one attached hydrogen (secondary N) is 2. The summed E-state index contributed by atoms with van der Waals surface area (Å²) >= 11 is 0. The molecule has 13 heteroatoms. The average molecular weight is 359 g/mol. The maximum absolute atomic E-state index is 12.2. The average Bonchev–Trinajstić information content (AvgIpc) is 2.97. The number of amides is 2. The number of hydrogen-bond donors (Lipinski definition) is 3. The Bertz CT molecular complexity index is 809. The van der Waals surface area contributed by atoms with Crippen LogP contribution in [0.3, 0.4) is 0 Å². The number of aliphatic carboxylic acids is 1. The van der Waals surface area contributed by atoms with Gasteiger partial charge in [0.15, 0.2) is 0 Å². The fraction of sp³-hybridized carbons (Fsp3) is 0.364. The first-order chi connectivity index (χ1) is 11.2. The summed E-state index contributed by atoms with van der Waals surface area (Å²) in [6, 6.07) is -1.33. The number of carboxylic acids is 1. The highest BCUT2D eigenvalue weighted by atomic mass is 32.2. The molecule has 0 aromatic carbocycles. The van der Waals surface area contributed by atoms with E-state index in [0.29, 0.717) is 0 Å². The van der Waals surface area contributed by atoms with Crippen molar-refractivity contribution in [2.45, 2.75) is 11.7 Å². The van der Waals surface area contributed by atoms with Gasteiger partial charge >= 0.3 is 18.0 Å². The van der Waals surface area contributed by atoms with Crippen molar-refractivity contribution in [3.8, 4) is 6.01 Å². The van der Waals surface area contributed by atoms with Crippen molar-refractivity contribution in [2.24, 2.45) is 0 Å². The topological polar surface area (TPSA) is 170 Å². The molecule has 0 spiro atoms. The van der Waals surface area contributed by atoms with E-state index in [-0.39, 0.29) is 17.8 Å². The number of aromatic nitrogens is 3. The SMILES string of the molecule is COc1nc(C)nc(NC(=O)NS(=O)(=O)C2(C(=O)O)C=COC2)n1. The number of aryl methyl sites for hydroxylation is 1. The summed E-state index contributed by atoms with van der Waals surface area (Å²) in [7, 11) is -3.34. The predicted octanol–water partition coefficient (Wildman–Crippen LogP) is -0.993. The normalized spacial score (nSPS) is 19.4. The van der Waals surface area contributed by atoms with E-state index in [2.05, 4.69) is 20.3 Å². The van der Waals surface area contributed by atoms with E-state index < -0.39 is 33.4 Å². The van der Waals surface area contributed by atoms with Crippen LogP contribution in [0, 0.1) is 6.92 Å². The molecule has 24 heavy (non-hydrogen) atoms. The van der Waals surface area contributed by atoms with Crippen molar-refractivity contribution < 1.29 is 32.6 Å². The number of carboxylic acid groups (broad SMARTS) is 1. The summed E-state index contributed by atoms with van der Waals surface area (Å²) in [4.78, 5) is 34.4. The number of carbonyl (C=O) groups excluding carboxylic acids is 1. The minimum Gasteiger partial charge on any atom is -0.499 e. The Hall–Kier alpha value is -2.96. The third kappa shape index (κ3) is 3.19. The maximum atomic E-state index is 12.2.